The highest BCUT2D eigenvalue weighted by Gasteiger charge is 2.34. The van der Waals surface area contributed by atoms with Gasteiger partial charge in [-0.25, -0.2) is 14.4 Å². The van der Waals surface area contributed by atoms with Gasteiger partial charge in [0.2, 0.25) is 11.7 Å². The third kappa shape index (κ3) is 8.45. The first-order chi connectivity index (χ1) is 22.0. The number of carbonyl (C=O) groups excluding carboxylic acids is 2. The molecule has 1 atom stereocenters. The zero-order valence-electron chi connectivity index (χ0n) is 27.0. The highest BCUT2D eigenvalue weighted by molar-refractivity contribution is 7.99. The zero-order chi connectivity index (χ0) is 33.4. The maximum absolute atomic E-state index is 14.3. The van der Waals surface area contributed by atoms with Crippen molar-refractivity contribution in [3.05, 3.63) is 95.1 Å². The number of nitrogens with zero attached hydrogens (tertiary/aromatic N) is 4. The number of anilines is 2. The fourth-order valence-corrected chi connectivity index (χ4v) is 5.70. The number of rotatable bonds is 13. The molecule has 0 fully saturated rings. The first-order valence-electron chi connectivity index (χ1n) is 14.4. The van der Waals surface area contributed by atoms with Crippen LogP contribution in [0, 0.1) is 19.7 Å². The zero-order valence-corrected chi connectivity index (χ0v) is 27.8. The predicted molar refractivity (Wildman–Crippen MR) is 177 cm³/mol. The van der Waals surface area contributed by atoms with Gasteiger partial charge in [0.05, 0.1) is 27.1 Å². The maximum Gasteiger partial charge on any atom is 0.251 e. The van der Waals surface area contributed by atoms with Gasteiger partial charge < -0.3 is 29.3 Å². The Labute approximate surface area is 272 Å². The lowest BCUT2D eigenvalue weighted by molar-refractivity contribution is -0.137. The number of aromatic nitrogens is 2. The summed E-state index contributed by atoms with van der Waals surface area (Å²) in [6, 6.07) is 17.1. The fourth-order valence-electron chi connectivity index (χ4n) is 4.86. The molecule has 3 aromatic carbocycles. The molecule has 0 saturated carbocycles. The standard InChI is InChI=1S/C34H38FN5O5S/c1-21-16-22(2)37-34(36-21)46-20-30(41)40(19-23-8-10-25(35)11-9-23)31(24-17-28(43-5)32(45-7)29(18-24)44-6)33(42)38-26-12-14-27(15-13-26)39(3)4/h8-18,31H,19-20H2,1-7H3,(H,38,42)/t31-/m0/s1. The van der Waals surface area contributed by atoms with Crippen molar-refractivity contribution in [1.29, 1.82) is 0 Å². The lowest BCUT2D eigenvalue weighted by Gasteiger charge is -2.32. The van der Waals surface area contributed by atoms with Crippen LogP contribution >= 0.6 is 11.8 Å². The summed E-state index contributed by atoms with van der Waals surface area (Å²) in [7, 11) is 8.29. The van der Waals surface area contributed by atoms with Gasteiger partial charge in [0.25, 0.3) is 5.91 Å². The number of halogens is 1. The number of methoxy groups -OCH3 is 3. The van der Waals surface area contributed by atoms with E-state index in [9.17, 15) is 14.0 Å². The van der Waals surface area contributed by atoms with E-state index in [0.717, 1.165) is 17.1 Å². The van der Waals surface area contributed by atoms with Crippen LogP contribution in [0.2, 0.25) is 0 Å². The number of hydrogen-bond donors (Lipinski definition) is 1. The van der Waals surface area contributed by atoms with Gasteiger partial charge in [-0.2, -0.15) is 0 Å². The molecule has 0 aliphatic rings. The van der Waals surface area contributed by atoms with Crippen LogP contribution in [-0.4, -0.2) is 67.9 Å². The van der Waals surface area contributed by atoms with E-state index in [0.29, 0.717) is 39.2 Å². The smallest absolute Gasteiger partial charge is 0.251 e. The molecular weight excluding hydrogens is 609 g/mol. The second-order valence-corrected chi connectivity index (χ2v) is 11.6. The fraction of sp³-hybridized carbons (Fsp3) is 0.294. The molecule has 2 amide bonds. The number of aryl methyl sites for hydroxylation is 2. The minimum absolute atomic E-state index is 0.00168. The first kappa shape index (κ1) is 34.0. The van der Waals surface area contributed by atoms with Crippen LogP contribution < -0.4 is 24.4 Å². The molecule has 4 rings (SSSR count). The second-order valence-electron chi connectivity index (χ2n) is 10.7. The molecular formula is C34H38FN5O5S. The van der Waals surface area contributed by atoms with Crippen molar-refractivity contribution in [3.63, 3.8) is 0 Å². The van der Waals surface area contributed by atoms with Crippen LogP contribution in [0.25, 0.3) is 0 Å². The highest BCUT2D eigenvalue weighted by Crippen LogP contribution is 2.41. The van der Waals surface area contributed by atoms with Crippen LogP contribution in [0.4, 0.5) is 15.8 Å². The largest absolute Gasteiger partial charge is 0.493 e. The molecule has 4 aromatic rings. The first-order valence-corrected chi connectivity index (χ1v) is 15.4. The van der Waals surface area contributed by atoms with Gasteiger partial charge in [-0.15, -0.1) is 0 Å². The minimum atomic E-state index is -1.17. The van der Waals surface area contributed by atoms with E-state index in [-0.39, 0.29) is 18.2 Å². The molecule has 12 heteroatoms. The van der Waals surface area contributed by atoms with E-state index < -0.39 is 17.8 Å². The Balaban J connectivity index is 1.81. The van der Waals surface area contributed by atoms with Gasteiger partial charge >= 0.3 is 0 Å². The Morgan fingerprint density at radius 1 is 0.870 bits per heavy atom. The summed E-state index contributed by atoms with van der Waals surface area (Å²) in [5.74, 6) is -0.343. The van der Waals surface area contributed by atoms with Crippen molar-refractivity contribution in [3.8, 4) is 17.2 Å². The number of nitrogens with one attached hydrogen (secondary N) is 1. The number of carbonyl (C=O) groups is 2. The Morgan fingerprint density at radius 3 is 1.98 bits per heavy atom. The lowest BCUT2D eigenvalue weighted by atomic mass is 10.0. The van der Waals surface area contributed by atoms with Gasteiger partial charge in [0.1, 0.15) is 11.9 Å². The van der Waals surface area contributed by atoms with Crippen molar-refractivity contribution >= 4 is 35.0 Å². The van der Waals surface area contributed by atoms with Crippen LogP contribution in [0.15, 0.2) is 71.9 Å². The molecule has 1 heterocycles. The van der Waals surface area contributed by atoms with Crippen LogP contribution in [0.3, 0.4) is 0 Å². The molecule has 242 valence electrons. The summed E-state index contributed by atoms with van der Waals surface area (Å²) >= 11 is 1.17. The Hall–Kier alpha value is -4.84. The third-order valence-electron chi connectivity index (χ3n) is 7.09. The second kappa shape index (κ2) is 15.4. The van der Waals surface area contributed by atoms with E-state index in [1.54, 1.807) is 36.4 Å². The number of amides is 2. The third-order valence-corrected chi connectivity index (χ3v) is 7.92. The molecule has 0 saturated heterocycles. The average Bonchev–Trinajstić information content (AvgIpc) is 3.03. The molecule has 1 aromatic heterocycles. The monoisotopic (exact) mass is 647 g/mol. The molecule has 0 aliphatic heterocycles. The summed E-state index contributed by atoms with van der Waals surface area (Å²) in [5, 5.41) is 3.42. The Morgan fingerprint density at radius 2 is 1.46 bits per heavy atom. The summed E-state index contributed by atoms with van der Waals surface area (Å²) in [6.07, 6.45) is 0. The Kier molecular flexibility index (Phi) is 11.4. The normalized spacial score (nSPS) is 11.4. The van der Waals surface area contributed by atoms with E-state index >= 15 is 0 Å². The van der Waals surface area contributed by atoms with Gasteiger partial charge in [0.15, 0.2) is 16.7 Å². The van der Waals surface area contributed by atoms with Crippen LogP contribution in [0.1, 0.15) is 28.6 Å². The van der Waals surface area contributed by atoms with E-state index in [1.807, 2.05) is 51.0 Å². The summed E-state index contributed by atoms with van der Waals surface area (Å²) in [6.45, 7) is 3.72. The van der Waals surface area contributed by atoms with Gasteiger partial charge in [-0.05, 0) is 79.6 Å². The maximum atomic E-state index is 14.3. The molecule has 10 nitrogen and oxygen atoms in total. The number of benzene rings is 3. The number of ether oxygens (including phenoxy) is 3. The van der Waals surface area contributed by atoms with E-state index in [1.165, 1.54) is 50.1 Å². The van der Waals surface area contributed by atoms with Gasteiger partial charge in [-0.1, -0.05) is 23.9 Å². The summed E-state index contributed by atoms with van der Waals surface area (Å²) in [5.41, 5.74) is 4.10. The topological polar surface area (TPSA) is 106 Å². The van der Waals surface area contributed by atoms with Crippen molar-refractivity contribution in [1.82, 2.24) is 14.9 Å². The Bertz CT molecular complexity index is 1620. The van der Waals surface area contributed by atoms with Gasteiger partial charge in [0, 0.05) is 43.4 Å². The van der Waals surface area contributed by atoms with Crippen molar-refractivity contribution in [2.75, 3.05) is 51.4 Å². The number of hydrogen-bond acceptors (Lipinski definition) is 9. The predicted octanol–water partition coefficient (Wildman–Crippen LogP) is 5.83. The van der Waals surface area contributed by atoms with Crippen molar-refractivity contribution in [2.24, 2.45) is 0 Å². The molecule has 1 N–H and O–H groups in total. The SMILES string of the molecule is COc1cc([C@@H](C(=O)Nc2ccc(N(C)C)cc2)N(Cc2ccc(F)cc2)C(=O)CSc2nc(C)cc(C)n2)cc(OC)c1OC. The molecule has 0 aliphatic carbocycles. The van der Waals surface area contributed by atoms with Crippen LogP contribution in [-0.2, 0) is 16.1 Å². The molecule has 46 heavy (non-hydrogen) atoms. The highest BCUT2D eigenvalue weighted by atomic mass is 32.2. The summed E-state index contributed by atoms with van der Waals surface area (Å²) in [4.78, 5) is 40.8. The quantitative estimate of drug-likeness (QED) is 0.142. The van der Waals surface area contributed by atoms with E-state index in [4.69, 9.17) is 14.2 Å². The van der Waals surface area contributed by atoms with Crippen LogP contribution in [0.5, 0.6) is 17.2 Å². The average molecular weight is 648 g/mol. The van der Waals surface area contributed by atoms with Gasteiger partial charge in [-0.3, -0.25) is 9.59 Å². The van der Waals surface area contributed by atoms with E-state index in [2.05, 4.69) is 15.3 Å². The van der Waals surface area contributed by atoms with Crippen molar-refractivity contribution < 1.29 is 28.2 Å². The molecule has 0 spiro atoms. The molecule has 0 radical (unpaired) electrons. The molecule has 0 unspecified atom stereocenters. The summed E-state index contributed by atoms with van der Waals surface area (Å²) < 4.78 is 30.6. The van der Waals surface area contributed by atoms with Crippen molar-refractivity contribution in [2.45, 2.75) is 31.6 Å². The number of thioether (sulfide) groups is 1. The lowest BCUT2D eigenvalue weighted by Crippen LogP contribution is -2.42. The minimum Gasteiger partial charge on any atom is -0.493 e. The molecule has 0 bridgehead atoms.